The van der Waals surface area contributed by atoms with Crippen molar-refractivity contribution in [3.63, 3.8) is 0 Å². The zero-order valence-corrected chi connectivity index (χ0v) is 14.6. The Balaban J connectivity index is 1.40. The molecule has 130 valence electrons. The molecule has 0 aliphatic carbocycles. The number of hydrogen-bond donors (Lipinski definition) is 1. The molecule has 0 atom stereocenters. The number of aryl methyl sites for hydroxylation is 2. The van der Waals surface area contributed by atoms with Crippen LogP contribution in [0, 0.1) is 0 Å². The quantitative estimate of drug-likeness (QED) is 0.657. The molecule has 0 fully saturated rings. The van der Waals surface area contributed by atoms with E-state index < -0.39 is 0 Å². The van der Waals surface area contributed by atoms with Crippen LogP contribution in [0.2, 0.25) is 0 Å². The summed E-state index contributed by atoms with van der Waals surface area (Å²) in [7, 11) is 0. The first kappa shape index (κ1) is 17.2. The second kappa shape index (κ2) is 8.43. The fourth-order valence-electron chi connectivity index (χ4n) is 2.13. The topological polar surface area (TPSA) is 107 Å². The zero-order valence-electron chi connectivity index (χ0n) is 13.8. The lowest BCUT2D eigenvalue weighted by atomic mass is 10.2. The highest BCUT2D eigenvalue weighted by molar-refractivity contribution is 7.11. The van der Waals surface area contributed by atoms with Crippen molar-refractivity contribution in [2.75, 3.05) is 0 Å². The lowest BCUT2D eigenvalue weighted by molar-refractivity contribution is -0.121. The Morgan fingerprint density at radius 1 is 1.32 bits per heavy atom. The number of amides is 1. The van der Waals surface area contributed by atoms with Gasteiger partial charge in [-0.2, -0.15) is 4.98 Å². The van der Waals surface area contributed by atoms with Crippen LogP contribution < -0.4 is 5.32 Å². The Kier molecular flexibility index (Phi) is 5.78. The maximum Gasteiger partial charge on any atom is 0.226 e. The summed E-state index contributed by atoms with van der Waals surface area (Å²) in [5.41, 5.74) is 0.804. The summed E-state index contributed by atoms with van der Waals surface area (Å²) in [5, 5.41) is 16.6. The Morgan fingerprint density at radius 2 is 2.20 bits per heavy atom. The monoisotopic (exact) mass is 358 g/mol. The molecule has 25 heavy (non-hydrogen) atoms. The van der Waals surface area contributed by atoms with Crippen LogP contribution in [0.5, 0.6) is 0 Å². The molecule has 0 aliphatic rings. The van der Waals surface area contributed by atoms with Crippen molar-refractivity contribution in [3.8, 4) is 11.4 Å². The molecule has 0 aliphatic heterocycles. The Bertz CT molecular complexity index is 817. The predicted molar refractivity (Wildman–Crippen MR) is 91.6 cm³/mol. The highest BCUT2D eigenvalue weighted by Gasteiger charge is 2.10. The van der Waals surface area contributed by atoms with Gasteiger partial charge in [-0.1, -0.05) is 23.4 Å². The lowest BCUT2D eigenvalue weighted by Gasteiger charge is -2.01. The minimum atomic E-state index is -0.0275. The standard InChI is InChI=1S/C16H18N6O2S/c1-2-14-20-21-15(25-14)10-18-12(23)6-3-7-13-19-16(22-24-13)11-5-4-8-17-9-11/h4-5,8-9H,2-3,6-7,10H2,1H3,(H,18,23). The van der Waals surface area contributed by atoms with Crippen LogP contribution in [0.1, 0.15) is 35.7 Å². The molecule has 1 amide bonds. The van der Waals surface area contributed by atoms with E-state index in [4.69, 9.17) is 4.52 Å². The van der Waals surface area contributed by atoms with Crippen LogP contribution in [0.15, 0.2) is 29.0 Å². The van der Waals surface area contributed by atoms with Gasteiger partial charge in [0.25, 0.3) is 0 Å². The summed E-state index contributed by atoms with van der Waals surface area (Å²) < 4.78 is 5.21. The van der Waals surface area contributed by atoms with E-state index >= 15 is 0 Å². The van der Waals surface area contributed by atoms with E-state index in [0.29, 0.717) is 37.5 Å². The van der Waals surface area contributed by atoms with Crippen molar-refractivity contribution in [3.05, 3.63) is 40.4 Å². The molecule has 0 radical (unpaired) electrons. The Labute approximate surface area is 148 Å². The van der Waals surface area contributed by atoms with Gasteiger partial charge in [-0.25, -0.2) is 0 Å². The number of hydrogen-bond acceptors (Lipinski definition) is 8. The van der Waals surface area contributed by atoms with Crippen molar-refractivity contribution in [1.82, 2.24) is 30.6 Å². The first-order valence-corrected chi connectivity index (χ1v) is 8.87. The van der Waals surface area contributed by atoms with Gasteiger partial charge >= 0.3 is 0 Å². The van der Waals surface area contributed by atoms with E-state index in [0.717, 1.165) is 22.0 Å². The van der Waals surface area contributed by atoms with E-state index in [-0.39, 0.29) is 5.91 Å². The molecule has 1 N–H and O–H groups in total. The van der Waals surface area contributed by atoms with Crippen LogP contribution in [0.3, 0.4) is 0 Å². The minimum Gasteiger partial charge on any atom is -0.350 e. The summed E-state index contributed by atoms with van der Waals surface area (Å²) >= 11 is 1.52. The molecule has 8 nitrogen and oxygen atoms in total. The van der Waals surface area contributed by atoms with Gasteiger partial charge < -0.3 is 9.84 Å². The van der Waals surface area contributed by atoms with Crippen LogP contribution in [0.25, 0.3) is 11.4 Å². The molecule has 3 rings (SSSR count). The van der Waals surface area contributed by atoms with Crippen molar-refractivity contribution in [2.45, 2.75) is 39.2 Å². The molecular formula is C16H18N6O2S. The van der Waals surface area contributed by atoms with Gasteiger partial charge in [0.15, 0.2) is 0 Å². The van der Waals surface area contributed by atoms with Crippen LogP contribution >= 0.6 is 11.3 Å². The largest absolute Gasteiger partial charge is 0.350 e. The number of carbonyl (C=O) groups is 1. The molecule has 0 saturated carbocycles. The fraction of sp³-hybridized carbons (Fsp3) is 0.375. The van der Waals surface area contributed by atoms with E-state index in [1.54, 1.807) is 12.4 Å². The number of rotatable bonds is 8. The molecule has 3 aromatic rings. The second-order valence-electron chi connectivity index (χ2n) is 5.33. The molecule has 0 unspecified atom stereocenters. The lowest BCUT2D eigenvalue weighted by Crippen LogP contribution is -2.22. The molecule has 0 spiro atoms. The first-order chi connectivity index (χ1) is 12.2. The summed E-state index contributed by atoms with van der Waals surface area (Å²) in [4.78, 5) is 20.2. The van der Waals surface area contributed by atoms with Gasteiger partial charge in [0.1, 0.15) is 10.0 Å². The van der Waals surface area contributed by atoms with E-state index in [2.05, 4.69) is 30.6 Å². The molecule has 3 aromatic heterocycles. The number of carbonyl (C=O) groups excluding carboxylic acids is 1. The van der Waals surface area contributed by atoms with Crippen molar-refractivity contribution in [1.29, 1.82) is 0 Å². The van der Waals surface area contributed by atoms with Crippen molar-refractivity contribution < 1.29 is 9.32 Å². The van der Waals surface area contributed by atoms with Crippen LogP contribution in [-0.4, -0.2) is 31.2 Å². The summed E-state index contributed by atoms with van der Waals surface area (Å²) in [6.45, 7) is 2.45. The number of nitrogens with zero attached hydrogens (tertiary/aromatic N) is 5. The minimum absolute atomic E-state index is 0.0275. The molecule has 9 heteroatoms. The highest BCUT2D eigenvalue weighted by Crippen LogP contribution is 2.14. The molecule has 0 bridgehead atoms. The summed E-state index contributed by atoms with van der Waals surface area (Å²) in [6, 6.07) is 3.68. The third-order valence-electron chi connectivity index (χ3n) is 3.43. The fourth-order valence-corrected chi connectivity index (χ4v) is 2.86. The van der Waals surface area contributed by atoms with Gasteiger partial charge in [-0.3, -0.25) is 9.78 Å². The Hall–Kier alpha value is -2.68. The SMILES string of the molecule is CCc1nnc(CNC(=O)CCCc2nc(-c3cccnc3)no2)s1. The Morgan fingerprint density at radius 3 is 2.96 bits per heavy atom. The maximum absolute atomic E-state index is 11.9. The number of pyridine rings is 1. The van der Waals surface area contributed by atoms with Crippen molar-refractivity contribution >= 4 is 17.2 Å². The van der Waals surface area contributed by atoms with Gasteiger partial charge in [0, 0.05) is 30.8 Å². The number of nitrogens with one attached hydrogen (secondary N) is 1. The average molecular weight is 358 g/mol. The predicted octanol–water partition coefficient (Wildman–Crippen LogP) is 2.18. The van der Waals surface area contributed by atoms with Gasteiger partial charge in [0.2, 0.25) is 17.6 Å². The highest BCUT2D eigenvalue weighted by atomic mass is 32.1. The average Bonchev–Trinajstić information content (AvgIpc) is 3.30. The molecular weight excluding hydrogens is 340 g/mol. The van der Waals surface area contributed by atoms with E-state index in [1.807, 2.05) is 19.1 Å². The summed E-state index contributed by atoms with van der Waals surface area (Å²) in [5.74, 6) is 0.999. The third kappa shape index (κ3) is 4.90. The van der Waals surface area contributed by atoms with Crippen LogP contribution in [-0.2, 0) is 24.2 Å². The van der Waals surface area contributed by atoms with Gasteiger partial charge in [-0.15, -0.1) is 10.2 Å². The van der Waals surface area contributed by atoms with Gasteiger partial charge in [0.05, 0.1) is 6.54 Å². The van der Waals surface area contributed by atoms with E-state index in [1.165, 1.54) is 11.3 Å². The normalized spacial score (nSPS) is 10.8. The molecule has 0 aromatic carbocycles. The maximum atomic E-state index is 11.9. The second-order valence-corrected chi connectivity index (χ2v) is 6.47. The third-order valence-corrected chi connectivity index (χ3v) is 4.50. The van der Waals surface area contributed by atoms with E-state index in [9.17, 15) is 4.79 Å². The number of aromatic nitrogens is 5. The van der Waals surface area contributed by atoms with Gasteiger partial charge in [-0.05, 0) is 25.0 Å². The smallest absolute Gasteiger partial charge is 0.226 e. The molecule has 0 saturated heterocycles. The van der Waals surface area contributed by atoms with Crippen molar-refractivity contribution in [2.24, 2.45) is 0 Å². The molecule has 3 heterocycles. The first-order valence-electron chi connectivity index (χ1n) is 8.05. The zero-order chi connectivity index (χ0) is 17.5. The van der Waals surface area contributed by atoms with Crippen LogP contribution in [0.4, 0.5) is 0 Å². The summed E-state index contributed by atoms with van der Waals surface area (Å²) in [6.07, 6.45) is 5.81.